The highest BCUT2D eigenvalue weighted by molar-refractivity contribution is 6.28. The van der Waals surface area contributed by atoms with Crippen molar-refractivity contribution in [2.75, 3.05) is 11.4 Å². The Labute approximate surface area is 195 Å². The van der Waals surface area contributed by atoms with E-state index < -0.39 is 24.5 Å². The van der Waals surface area contributed by atoms with Crippen molar-refractivity contribution in [1.29, 1.82) is 0 Å². The lowest BCUT2D eigenvalue weighted by Gasteiger charge is -2.25. The van der Waals surface area contributed by atoms with Gasteiger partial charge in [-0.1, -0.05) is 19.8 Å². The molecule has 2 fully saturated rings. The highest BCUT2D eigenvalue weighted by atomic mass is 35.5. The van der Waals surface area contributed by atoms with Gasteiger partial charge in [0, 0.05) is 17.6 Å². The Hall–Kier alpha value is -2.33. The zero-order valence-corrected chi connectivity index (χ0v) is 18.9. The molecule has 8 nitrogen and oxygen atoms in total. The molecule has 4 heterocycles. The fraction of sp³-hybridized carbons (Fsp3) is 0.522. The van der Waals surface area contributed by atoms with Crippen molar-refractivity contribution in [3.63, 3.8) is 0 Å². The number of hydrogen-bond acceptors (Lipinski definition) is 7. The Balaban J connectivity index is 1.47. The predicted molar refractivity (Wildman–Crippen MR) is 120 cm³/mol. The fourth-order valence-electron chi connectivity index (χ4n) is 5.86. The molecule has 1 saturated heterocycles. The van der Waals surface area contributed by atoms with Gasteiger partial charge in [-0.25, -0.2) is 9.37 Å². The number of aliphatic hydroxyl groups is 2. The van der Waals surface area contributed by atoms with Crippen LogP contribution in [-0.2, 0) is 10.2 Å². The van der Waals surface area contributed by atoms with E-state index in [2.05, 4.69) is 19.9 Å². The summed E-state index contributed by atoms with van der Waals surface area (Å²) in [6.07, 6.45) is 2.85. The summed E-state index contributed by atoms with van der Waals surface area (Å²) < 4.78 is 21.7. The van der Waals surface area contributed by atoms with Gasteiger partial charge < -0.3 is 19.8 Å². The van der Waals surface area contributed by atoms with Crippen LogP contribution in [0, 0.1) is 5.82 Å². The molecule has 0 amide bonds. The average molecular weight is 474 g/mol. The molecule has 1 saturated carbocycles. The maximum absolute atomic E-state index is 14.2. The van der Waals surface area contributed by atoms with Gasteiger partial charge >= 0.3 is 0 Å². The van der Waals surface area contributed by atoms with Crippen LogP contribution in [0.1, 0.15) is 50.8 Å². The van der Waals surface area contributed by atoms with E-state index in [1.54, 1.807) is 16.7 Å². The number of imidazole rings is 1. The van der Waals surface area contributed by atoms with E-state index in [0.29, 0.717) is 29.9 Å². The van der Waals surface area contributed by atoms with Crippen molar-refractivity contribution in [2.45, 2.75) is 69.0 Å². The predicted octanol–water partition coefficient (Wildman–Crippen LogP) is 3.61. The van der Waals surface area contributed by atoms with Gasteiger partial charge in [0.2, 0.25) is 5.28 Å². The monoisotopic (exact) mass is 473 g/mol. The average Bonchev–Trinajstić information content (AvgIpc) is 3.56. The number of nitrogens with zero attached hydrogens (tertiary/aromatic N) is 5. The van der Waals surface area contributed by atoms with E-state index in [4.69, 9.17) is 16.3 Å². The van der Waals surface area contributed by atoms with Crippen molar-refractivity contribution in [3.8, 4) is 0 Å². The van der Waals surface area contributed by atoms with Crippen molar-refractivity contribution in [3.05, 3.63) is 41.2 Å². The summed E-state index contributed by atoms with van der Waals surface area (Å²) in [6.45, 7) is 2.55. The molecule has 2 aromatic heterocycles. The minimum Gasteiger partial charge on any atom is -0.388 e. The Bertz CT molecular complexity index is 1230. The van der Waals surface area contributed by atoms with Crippen molar-refractivity contribution >= 4 is 34.3 Å². The largest absolute Gasteiger partial charge is 0.388 e. The molecular weight excluding hydrogens is 449 g/mol. The molecule has 0 radical (unpaired) electrons. The van der Waals surface area contributed by atoms with Crippen molar-refractivity contribution < 1.29 is 19.3 Å². The maximum Gasteiger partial charge on any atom is 0.226 e. The molecule has 2 aliphatic heterocycles. The Morgan fingerprint density at radius 1 is 1.21 bits per heavy atom. The minimum atomic E-state index is -1.12. The lowest BCUT2D eigenvalue weighted by molar-refractivity contribution is -0.0355. The molecule has 3 aromatic rings. The zero-order valence-electron chi connectivity index (χ0n) is 18.2. The van der Waals surface area contributed by atoms with Crippen molar-refractivity contribution in [1.82, 2.24) is 19.5 Å². The second-order valence-electron chi connectivity index (χ2n) is 9.33. The summed E-state index contributed by atoms with van der Waals surface area (Å²) >= 11 is 6.36. The number of ether oxygens (including phenoxy) is 1. The highest BCUT2D eigenvalue weighted by Crippen LogP contribution is 2.53. The summed E-state index contributed by atoms with van der Waals surface area (Å²) in [4.78, 5) is 15.5. The number of hydrogen-bond donors (Lipinski definition) is 2. The first-order valence-electron chi connectivity index (χ1n) is 11.4. The van der Waals surface area contributed by atoms with Gasteiger partial charge in [-0.3, -0.25) is 4.57 Å². The number of aliphatic hydroxyl groups excluding tert-OH is 2. The molecule has 10 heteroatoms. The van der Waals surface area contributed by atoms with Crippen LogP contribution in [0.5, 0.6) is 0 Å². The number of benzene rings is 1. The summed E-state index contributed by atoms with van der Waals surface area (Å²) in [5.41, 5.74) is 2.71. The van der Waals surface area contributed by atoms with Gasteiger partial charge in [0.1, 0.15) is 18.0 Å². The Morgan fingerprint density at radius 3 is 2.73 bits per heavy atom. The standard InChI is InChI=1S/C23H25ClFN5O3/c1-2-15-17(31)18(32)21(33-15)30-11-26-16-19(27-22(24)28-20(16)30)29-10-23(7-3-4-8-23)13-9-12(25)5-6-14(13)29/h5-6,9,11,15,17-18,21,31-32H,2-4,7-8,10H2,1H3/t15-,17?,18?,21-/m1/s1. The van der Waals surface area contributed by atoms with Gasteiger partial charge in [-0.05, 0) is 54.6 Å². The molecule has 0 bridgehead atoms. The lowest BCUT2D eigenvalue weighted by Crippen LogP contribution is -2.31. The summed E-state index contributed by atoms with van der Waals surface area (Å²) in [7, 11) is 0. The van der Waals surface area contributed by atoms with Gasteiger partial charge in [-0.2, -0.15) is 9.97 Å². The Kier molecular flexibility index (Phi) is 4.88. The molecule has 2 unspecified atom stereocenters. The van der Waals surface area contributed by atoms with Crippen molar-refractivity contribution in [2.24, 2.45) is 0 Å². The summed E-state index contributed by atoms with van der Waals surface area (Å²) in [5.74, 6) is 0.300. The summed E-state index contributed by atoms with van der Waals surface area (Å²) in [6, 6.07) is 4.91. The smallest absolute Gasteiger partial charge is 0.226 e. The fourth-order valence-corrected chi connectivity index (χ4v) is 6.02. The first-order chi connectivity index (χ1) is 15.9. The third-order valence-electron chi connectivity index (χ3n) is 7.49. The third kappa shape index (κ3) is 3.10. The number of fused-ring (bicyclic) bond motifs is 3. The second kappa shape index (κ2) is 7.59. The SMILES string of the molecule is CC[C@H]1O[C@@H](n2cnc3c(N4CC5(CCCC5)c5cc(F)ccc54)nc(Cl)nc32)C(O)C1O. The zero-order chi connectivity index (χ0) is 22.9. The first kappa shape index (κ1) is 21.2. The van der Waals surface area contributed by atoms with Crippen LogP contribution in [-0.4, -0.2) is 54.6 Å². The minimum absolute atomic E-state index is 0.0374. The van der Waals surface area contributed by atoms with Gasteiger partial charge in [-0.15, -0.1) is 0 Å². The third-order valence-corrected chi connectivity index (χ3v) is 7.66. The molecule has 33 heavy (non-hydrogen) atoms. The lowest BCUT2D eigenvalue weighted by atomic mass is 9.81. The molecule has 3 aliphatic rings. The molecule has 6 rings (SSSR count). The summed E-state index contributed by atoms with van der Waals surface area (Å²) in [5, 5.41) is 21.0. The molecule has 174 valence electrons. The highest BCUT2D eigenvalue weighted by Gasteiger charge is 2.47. The van der Waals surface area contributed by atoms with E-state index in [0.717, 1.165) is 36.9 Å². The van der Waals surface area contributed by atoms with Crippen LogP contribution in [0.25, 0.3) is 11.2 Å². The molecule has 1 aromatic carbocycles. The maximum atomic E-state index is 14.2. The Morgan fingerprint density at radius 2 is 2.00 bits per heavy atom. The molecule has 2 N–H and O–H groups in total. The van der Waals surface area contributed by atoms with E-state index in [9.17, 15) is 14.6 Å². The van der Waals surface area contributed by atoms with Crippen LogP contribution >= 0.6 is 11.6 Å². The molecule has 1 spiro atoms. The van der Waals surface area contributed by atoms with Crippen LogP contribution in [0.3, 0.4) is 0 Å². The van der Waals surface area contributed by atoms with Gasteiger partial charge in [0.25, 0.3) is 0 Å². The molecular formula is C23H25ClFN5O3. The second-order valence-corrected chi connectivity index (χ2v) is 9.67. The normalized spacial score (nSPS) is 28.3. The molecule has 4 atom stereocenters. The van der Waals surface area contributed by atoms with Crippen LogP contribution < -0.4 is 4.90 Å². The van der Waals surface area contributed by atoms with E-state index >= 15 is 0 Å². The van der Waals surface area contributed by atoms with Gasteiger partial charge in [0.05, 0.1) is 12.4 Å². The van der Waals surface area contributed by atoms with Gasteiger partial charge in [0.15, 0.2) is 23.2 Å². The van der Waals surface area contributed by atoms with Crippen LogP contribution in [0.4, 0.5) is 15.9 Å². The van der Waals surface area contributed by atoms with Crippen LogP contribution in [0.15, 0.2) is 24.5 Å². The number of halogens is 2. The number of aromatic nitrogens is 4. The first-order valence-corrected chi connectivity index (χ1v) is 11.8. The quantitative estimate of drug-likeness (QED) is 0.561. The van der Waals surface area contributed by atoms with Crippen LogP contribution in [0.2, 0.25) is 5.28 Å². The topological polar surface area (TPSA) is 96.5 Å². The number of anilines is 2. The van der Waals surface area contributed by atoms with E-state index in [-0.39, 0.29) is 16.5 Å². The van der Waals surface area contributed by atoms with E-state index in [1.807, 2.05) is 6.92 Å². The number of rotatable bonds is 3. The molecule has 1 aliphatic carbocycles. The van der Waals surface area contributed by atoms with E-state index in [1.165, 1.54) is 12.4 Å².